The molecule has 1 amide bonds. The number of hydrogen-bond acceptors (Lipinski definition) is 4. The van der Waals surface area contributed by atoms with Crippen molar-refractivity contribution >= 4 is 28.6 Å². The molecule has 0 spiro atoms. The van der Waals surface area contributed by atoms with Gasteiger partial charge in [-0.15, -0.1) is 0 Å². The van der Waals surface area contributed by atoms with Gasteiger partial charge in [0.15, 0.2) is 5.16 Å². The van der Waals surface area contributed by atoms with Crippen molar-refractivity contribution in [2.45, 2.75) is 38.4 Å². The number of benzene rings is 2. The minimum atomic E-state index is -0.125. The first-order valence-electron chi connectivity index (χ1n) is 9.01. The van der Waals surface area contributed by atoms with Crippen LogP contribution in [0.5, 0.6) is 0 Å². The predicted octanol–water partition coefficient (Wildman–Crippen LogP) is 3.70. The van der Waals surface area contributed by atoms with E-state index in [-0.39, 0.29) is 23.3 Å². The molecule has 0 saturated carbocycles. The van der Waals surface area contributed by atoms with Gasteiger partial charge in [-0.2, -0.15) is 0 Å². The molecule has 0 aliphatic rings. The second-order valence-electron chi connectivity index (χ2n) is 6.50. The molecule has 0 unspecified atom stereocenters. The van der Waals surface area contributed by atoms with Gasteiger partial charge < -0.3 is 5.32 Å². The van der Waals surface area contributed by atoms with E-state index in [1.54, 1.807) is 10.6 Å². The Balaban J connectivity index is 2.05. The van der Waals surface area contributed by atoms with Gasteiger partial charge in [-0.25, -0.2) is 4.98 Å². The summed E-state index contributed by atoms with van der Waals surface area (Å²) >= 11 is 1.28. The number of thioether (sulfide) groups is 1. The minimum absolute atomic E-state index is 0.0620. The molecule has 140 valence electrons. The van der Waals surface area contributed by atoms with Crippen LogP contribution in [0, 0.1) is 6.92 Å². The Morgan fingerprint density at radius 1 is 1.19 bits per heavy atom. The Labute approximate surface area is 162 Å². The van der Waals surface area contributed by atoms with Crippen LogP contribution in [0.3, 0.4) is 0 Å². The molecule has 0 saturated heterocycles. The molecule has 0 aliphatic heterocycles. The second kappa shape index (κ2) is 8.39. The highest BCUT2D eigenvalue weighted by atomic mass is 32.2. The largest absolute Gasteiger partial charge is 0.353 e. The number of nitrogens with zero attached hydrogens (tertiary/aromatic N) is 2. The van der Waals surface area contributed by atoms with Crippen molar-refractivity contribution in [3.05, 3.63) is 64.4 Å². The average molecular weight is 382 g/mol. The molecule has 3 rings (SSSR count). The summed E-state index contributed by atoms with van der Waals surface area (Å²) in [6, 6.07) is 15.1. The van der Waals surface area contributed by atoms with Gasteiger partial charge in [-0.05, 0) is 44.0 Å². The molecule has 1 aromatic heterocycles. The van der Waals surface area contributed by atoms with Gasteiger partial charge in [0.1, 0.15) is 0 Å². The van der Waals surface area contributed by atoms with Crippen LogP contribution >= 0.6 is 11.8 Å². The Morgan fingerprint density at radius 3 is 2.63 bits per heavy atom. The maximum absolute atomic E-state index is 13.2. The maximum Gasteiger partial charge on any atom is 0.266 e. The normalized spacial score (nSPS) is 12.1. The van der Waals surface area contributed by atoms with Crippen LogP contribution in [0.15, 0.2) is 58.5 Å². The molecule has 27 heavy (non-hydrogen) atoms. The molecule has 0 bridgehead atoms. The van der Waals surface area contributed by atoms with Crippen LogP contribution in [-0.4, -0.2) is 27.3 Å². The quantitative estimate of drug-likeness (QED) is 0.522. The smallest absolute Gasteiger partial charge is 0.266 e. The first-order valence-corrected chi connectivity index (χ1v) is 9.99. The van der Waals surface area contributed by atoms with E-state index in [1.807, 2.05) is 63.2 Å². The summed E-state index contributed by atoms with van der Waals surface area (Å²) in [5.41, 5.74) is 2.27. The van der Waals surface area contributed by atoms with Crippen molar-refractivity contribution in [1.29, 1.82) is 0 Å². The number of carbonyl (C=O) groups is 1. The van der Waals surface area contributed by atoms with Gasteiger partial charge >= 0.3 is 0 Å². The lowest BCUT2D eigenvalue weighted by Gasteiger charge is -2.15. The van der Waals surface area contributed by atoms with Gasteiger partial charge in [0.05, 0.1) is 22.3 Å². The molecule has 0 fully saturated rings. The van der Waals surface area contributed by atoms with Crippen molar-refractivity contribution < 1.29 is 4.79 Å². The molecular weight excluding hydrogens is 358 g/mol. The van der Waals surface area contributed by atoms with Gasteiger partial charge in [-0.1, -0.05) is 49.0 Å². The fourth-order valence-corrected chi connectivity index (χ4v) is 3.60. The van der Waals surface area contributed by atoms with Crippen LogP contribution in [0.2, 0.25) is 0 Å². The van der Waals surface area contributed by atoms with Gasteiger partial charge in [0.25, 0.3) is 5.56 Å². The number of aromatic nitrogens is 2. The van der Waals surface area contributed by atoms with Crippen LogP contribution in [-0.2, 0) is 4.79 Å². The fourth-order valence-electron chi connectivity index (χ4n) is 2.78. The highest BCUT2D eigenvalue weighted by Gasteiger charge is 2.16. The Hall–Kier alpha value is -2.60. The standard InChI is InChI=1S/C21H23N3O2S/c1-4-15(3)22-19(25)13-27-21-23-17-11-7-6-10-16(17)20(26)24(21)18-12-8-5-9-14(18)2/h5-12,15H,4,13H2,1-3H3,(H,22,25)/t15-/m0/s1. The molecule has 0 radical (unpaired) electrons. The maximum atomic E-state index is 13.2. The highest BCUT2D eigenvalue weighted by Crippen LogP contribution is 2.23. The van der Waals surface area contributed by atoms with Crippen molar-refractivity contribution in [3.63, 3.8) is 0 Å². The lowest BCUT2D eigenvalue weighted by Crippen LogP contribution is -2.33. The zero-order valence-corrected chi connectivity index (χ0v) is 16.5. The average Bonchev–Trinajstić information content (AvgIpc) is 2.67. The van der Waals surface area contributed by atoms with Gasteiger partial charge in [0.2, 0.25) is 5.91 Å². The Bertz CT molecular complexity index is 1030. The molecule has 6 heteroatoms. The zero-order chi connectivity index (χ0) is 19.4. The number of carbonyl (C=O) groups excluding carboxylic acids is 1. The zero-order valence-electron chi connectivity index (χ0n) is 15.7. The molecule has 5 nitrogen and oxygen atoms in total. The molecule has 3 aromatic rings. The SMILES string of the molecule is CC[C@H](C)NC(=O)CSc1nc2ccccc2c(=O)n1-c1ccccc1C. The summed E-state index contributed by atoms with van der Waals surface area (Å²) in [6.07, 6.45) is 0.874. The summed E-state index contributed by atoms with van der Waals surface area (Å²) < 4.78 is 1.61. The predicted molar refractivity (Wildman–Crippen MR) is 111 cm³/mol. The van der Waals surface area contributed by atoms with E-state index in [1.165, 1.54) is 11.8 Å². The van der Waals surface area contributed by atoms with E-state index < -0.39 is 0 Å². The summed E-state index contributed by atoms with van der Waals surface area (Å²) in [5.74, 6) is 0.147. The van der Waals surface area contributed by atoms with E-state index in [0.717, 1.165) is 17.7 Å². The fraction of sp³-hybridized carbons (Fsp3) is 0.286. The van der Waals surface area contributed by atoms with E-state index >= 15 is 0 Å². The minimum Gasteiger partial charge on any atom is -0.353 e. The number of nitrogens with one attached hydrogen (secondary N) is 1. The Morgan fingerprint density at radius 2 is 1.89 bits per heavy atom. The van der Waals surface area contributed by atoms with Crippen molar-refractivity contribution in [2.24, 2.45) is 0 Å². The topological polar surface area (TPSA) is 64.0 Å². The lowest BCUT2D eigenvalue weighted by molar-refractivity contribution is -0.119. The molecular formula is C21H23N3O2S. The van der Waals surface area contributed by atoms with Gasteiger partial charge in [-0.3, -0.25) is 14.2 Å². The third kappa shape index (κ3) is 4.22. The van der Waals surface area contributed by atoms with Gasteiger partial charge in [0, 0.05) is 6.04 Å². The van der Waals surface area contributed by atoms with E-state index in [9.17, 15) is 9.59 Å². The number of para-hydroxylation sites is 2. The molecule has 2 aromatic carbocycles. The summed E-state index contributed by atoms with van der Waals surface area (Å²) in [4.78, 5) is 30.1. The van der Waals surface area contributed by atoms with Crippen LogP contribution in [0.25, 0.3) is 16.6 Å². The highest BCUT2D eigenvalue weighted by molar-refractivity contribution is 7.99. The van der Waals surface area contributed by atoms with Crippen LogP contribution in [0.4, 0.5) is 0 Å². The number of hydrogen-bond donors (Lipinski definition) is 1. The van der Waals surface area contributed by atoms with Crippen molar-refractivity contribution in [1.82, 2.24) is 14.9 Å². The van der Waals surface area contributed by atoms with Crippen molar-refractivity contribution in [2.75, 3.05) is 5.75 Å². The first-order chi connectivity index (χ1) is 13.0. The number of rotatable bonds is 6. The second-order valence-corrected chi connectivity index (χ2v) is 7.45. The van der Waals surface area contributed by atoms with Crippen LogP contribution < -0.4 is 10.9 Å². The summed E-state index contributed by atoms with van der Waals surface area (Å²) in [7, 11) is 0. The van der Waals surface area contributed by atoms with E-state index in [4.69, 9.17) is 0 Å². The van der Waals surface area contributed by atoms with Crippen molar-refractivity contribution in [3.8, 4) is 5.69 Å². The van der Waals surface area contributed by atoms with Crippen LogP contribution in [0.1, 0.15) is 25.8 Å². The number of aryl methyl sites for hydroxylation is 1. The molecule has 1 heterocycles. The number of amides is 1. The Kier molecular flexibility index (Phi) is 5.96. The molecule has 1 N–H and O–H groups in total. The monoisotopic (exact) mass is 381 g/mol. The van der Waals surface area contributed by atoms with E-state index in [2.05, 4.69) is 10.3 Å². The first kappa shape index (κ1) is 19.2. The van der Waals surface area contributed by atoms with E-state index in [0.29, 0.717) is 16.1 Å². The third-order valence-electron chi connectivity index (χ3n) is 4.45. The summed E-state index contributed by atoms with van der Waals surface area (Å²) in [5, 5.41) is 4.03. The lowest BCUT2D eigenvalue weighted by atomic mass is 10.2. The number of fused-ring (bicyclic) bond motifs is 1. The molecule has 1 atom stereocenters. The summed E-state index contributed by atoms with van der Waals surface area (Å²) in [6.45, 7) is 5.96. The molecule has 0 aliphatic carbocycles. The third-order valence-corrected chi connectivity index (χ3v) is 5.39.